The predicted octanol–water partition coefficient (Wildman–Crippen LogP) is 4.90. The van der Waals surface area contributed by atoms with Crippen LogP contribution in [0.15, 0.2) is 30.3 Å². The van der Waals surface area contributed by atoms with E-state index in [0.29, 0.717) is 12.1 Å². The lowest BCUT2D eigenvalue weighted by Gasteiger charge is -2.12. The van der Waals surface area contributed by atoms with Crippen LogP contribution in [0.4, 0.5) is 5.69 Å². The summed E-state index contributed by atoms with van der Waals surface area (Å²) in [6, 6.07) is 9.74. The highest BCUT2D eigenvalue weighted by atomic mass is 16.5. The molecule has 0 bridgehead atoms. The first-order valence-corrected chi connectivity index (χ1v) is 9.19. The van der Waals surface area contributed by atoms with Gasteiger partial charge in [0.25, 0.3) is 5.91 Å². The molecule has 0 radical (unpaired) electrons. The van der Waals surface area contributed by atoms with Gasteiger partial charge in [-0.1, -0.05) is 13.0 Å². The summed E-state index contributed by atoms with van der Waals surface area (Å²) >= 11 is 0. The van der Waals surface area contributed by atoms with E-state index in [1.807, 2.05) is 65.0 Å². The number of anilines is 1. The number of fused-ring (bicyclic) bond motifs is 1. The van der Waals surface area contributed by atoms with E-state index < -0.39 is 0 Å². The third-order valence-electron chi connectivity index (χ3n) is 4.67. The predicted molar refractivity (Wildman–Crippen MR) is 109 cm³/mol. The lowest BCUT2D eigenvalue weighted by molar-refractivity contribution is 0.101. The Morgan fingerprint density at radius 1 is 0.926 bits per heavy atom. The molecule has 3 aromatic rings. The second-order valence-electron chi connectivity index (χ2n) is 6.90. The number of aryl methyl sites for hydroxylation is 4. The van der Waals surface area contributed by atoms with Crippen LogP contribution in [0.3, 0.4) is 0 Å². The minimum Gasteiger partial charge on any atom is -0.476 e. The molecule has 0 spiro atoms. The smallest absolute Gasteiger partial charge is 0.279 e. The maximum absolute atomic E-state index is 12.9. The monoisotopic (exact) mass is 363 g/mol. The highest BCUT2D eigenvalue weighted by molar-refractivity contribution is 6.05. The molecule has 1 aromatic heterocycles. The molecule has 0 saturated heterocycles. The molecule has 0 unspecified atom stereocenters. The van der Waals surface area contributed by atoms with E-state index in [4.69, 9.17) is 4.74 Å². The fourth-order valence-electron chi connectivity index (χ4n) is 2.75. The molecule has 0 atom stereocenters. The SMILES string of the molecule is CCCOc1nc2cc(C)c(C)cc2nc1C(=O)Nc1ccc(C)c(C)c1. The molecule has 0 fully saturated rings. The van der Waals surface area contributed by atoms with Crippen molar-refractivity contribution in [2.45, 2.75) is 41.0 Å². The van der Waals surface area contributed by atoms with E-state index in [2.05, 4.69) is 15.3 Å². The van der Waals surface area contributed by atoms with Gasteiger partial charge in [-0.2, -0.15) is 0 Å². The molecule has 1 amide bonds. The van der Waals surface area contributed by atoms with E-state index in [1.54, 1.807) is 0 Å². The number of carbonyl (C=O) groups excluding carboxylic acids is 1. The number of nitrogens with one attached hydrogen (secondary N) is 1. The lowest BCUT2D eigenvalue weighted by Crippen LogP contribution is -2.17. The largest absolute Gasteiger partial charge is 0.476 e. The standard InChI is InChI=1S/C22H25N3O2/c1-6-9-27-22-20(21(26)23-17-8-7-13(2)14(3)10-17)24-18-11-15(4)16(5)12-19(18)25-22/h7-8,10-12H,6,9H2,1-5H3,(H,23,26). The van der Waals surface area contributed by atoms with Crippen molar-refractivity contribution in [3.63, 3.8) is 0 Å². The van der Waals surface area contributed by atoms with E-state index in [0.717, 1.165) is 34.3 Å². The zero-order chi connectivity index (χ0) is 19.6. The average Bonchev–Trinajstić information content (AvgIpc) is 2.63. The Kier molecular flexibility index (Phi) is 5.40. The van der Waals surface area contributed by atoms with Gasteiger partial charge in [-0.05, 0) is 80.6 Å². The fraction of sp³-hybridized carbons (Fsp3) is 0.318. The third kappa shape index (κ3) is 4.08. The number of amides is 1. The quantitative estimate of drug-likeness (QED) is 0.700. The van der Waals surface area contributed by atoms with Crippen molar-refractivity contribution in [2.24, 2.45) is 0 Å². The first-order valence-electron chi connectivity index (χ1n) is 9.19. The Morgan fingerprint density at radius 2 is 1.56 bits per heavy atom. The Hall–Kier alpha value is -2.95. The molecule has 140 valence electrons. The molecule has 1 N–H and O–H groups in total. The van der Waals surface area contributed by atoms with Crippen LogP contribution in [0.5, 0.6) is 5.88 Å². The number of hydrogen-bond acceptors (Lipinski definition) is 4. The normalized spacial score (nSPS) is 10.9. The summed E-state index contributed by atoms with van der Waals surface area (Å²) in [5, 5.41) is 2.91. The molecule has 0 aliphatic carbocycles. The zero-order valence-corrected chi connectivity index (χ0v) is 16.5. The summed E-state index contributed by atoms with van der Waals surface area (Å²) in [5.41, 5.74) is 6.88. The number of ether oxygens (including phenoxy) is 1. The molecule has 0 aliphatic rings. The van der Waals surface area contributed by atoms with Gasteiger partial charge < -0.3 is 10.1 Å². The molecular weight excluding hydrogens is 338 g/mol. The van der Waals surface area contributed by atoms with Crippen LogP contribution < -0.4 is 10.1 Å². The maximum atomic E-state index is 12.9. The summed E-state index contributed by atoms with van der Waals surface area (Å²) < 4.78 is 5.73. The minimum absolute atomic E-state index is 0.206. The lowest BCUT2D eigenvalue weighted by atomic mass is 10.1. The molecule has 3 rings (SSSR count). The highest BCUT2D eigenvalue weighted by Gasteiger charge is 2.19. The Labute approximate surface area is 159 Å². The van der Waals surface area contributed by atoms with Crippen LogP contribution in [0.25, 0.3) is 11.0 Å². The molecular formula is C22H25N3O2. The molecule has 2 aromatic carbocycles. The second-order valence-corrected chi connectivity index (χ2v) is 6.90. The fourth-order valence-corrected chi connectivity index (χ4v) is 2.75. The second kappa shape index (κ2) is 7.74. The molecule has 1 heterocycles. The van der Waals surface area contributed by atoms with Crippen molar-refractivity contribution >= 4 is 22.6 Å². The van der Waals surface area contributed by atoms with Crippen LogP contribution in [0.1, 0.15) is 46.1 Å². The Balaban J connectivity index is 2.02. The Bertz CT molecular complexity index is 1010. The van der Waals surface area contributed by atoms with Crippen molar-refractivity contribution in [1.82, 2.24) is 9.97 Å². The Morgan fingerprint density at radius 3 is 2.19 bits per heavy atom. The van der Waals surface area contributed by atoms with Crippen molar-refractivity contribution in [3.05, 3.63) is 58.3 Å². The van der Waals surface area contributed by atoms with Crippen molar-refractivity contribution < 1.29 is 9.53 Å². The molecule has 27 heavy (non-hydrogen) atoms. The first-order chi connectivity index (χ1) is 12.9. The summed E-state index contributed by atoms with van der Waals surface area (Å²) in [7, 11) is 0. The summed E-state index contributed by atoms with van der Waals surface area (Å²) in [6.45, 7) is 10.6. The zero-order valence-electron chi connectivity index (χ0n) is 16.5. The van der Waals surface area contributed by atoms with Gasteiger partial charge in [0.1, 0.15) is 0 Å². The maximum Gasteiger partial charge on any atom is 0.279 e. The molecule has 0 aliphatic heterocycles. The molecule has 5 heteroatoms. The molecule has 0 saturated carbocycles. The topological polar surface area (TPSA) is 64.1 Å². The summed E-state index contributed by atoms with van der Waals surface area (Å²) in [6.07, 6.45) is 0.824. The van der Waals surface area contributed by atoms with Crippen molar-refractivity contribution in [3.8, 4) is 5.88 Å². The van der Waals surface area contributed by atoms with Crippen LogP contribution in [0, 0.1) is 27.7 Å². The van der Waals surface area contributed by atoms with E-state index in [1.165, 1.54) is 5.56 Å². The first kappa shape index (κ1) is 18.8. The van der Waals surface area contributed by atoms with Gasteiger partial charge in [0.15, 0.2) is 5.69 Å². The average molecular weight is 363 g/mol. The van der Waals surface area contributed by atoms with Crippen molar-refractivity contribution in [2.75, 3.05) is 11.9 Å². The summed E-state index contributed by atoms with van der Waals surface area (Å²) in [5.74, 6) is -0.0501. The number of aromatic nitrogens is 2. The number of carbonyl (C=O) groups is 1. The third-order valence-corrected chi connectivity index (χ3v) is 4.67. The van der Waals surface area contributed by atoms with Gasteiger partial charge in [-0.15, -0.1) is 0 Å². The minimum atomic E-state index is -0.322. The number of rotatable bonds is 5. The van der Waals surface area contributed by atoms with Gasteiger partial charge in [-0.25, -0.2) is 9.97 Å². The van der Waals surface area contributed by atoms with Gasteiger partial charge in [0.05, 0.1) is 17.6 Å². The highest BCUT2D eigenvalue weighted by Crippen LogP contribution is 2.23. The van der Waals surface area contributed by atoms with Crippen LogP contribution in [0.2, 0.25) is 0 Å². The van der Waals surface area contributed by atoms with Crippen LogP contribution in [-0.2, 0) is 0 Å². The number of benzene rings is 2. The van der Waals surface area contributed by atoms with Gasteiger partial charge in [0, 0.05) is 5.69 Å². The van der Waals surface area contributed by atoms with Gasteiger partial charge in [-0.3, -0.25) is 4.79 Å². The van der Waals surface area contributed by atoms with Crippen molar-refractivity contribution in [1.29, 1.82) is 0 Å². The summed E-state index contributed by atoms with van der Waals surface area (Å²) in [4.78, 5) is 22.0. The molecule has 5 nitrogen and oxygen atoms in total. The van der Waals surface area contributed by atoms with E-state index >= 15 is 0 Å². The van der Waals surface area contributed by atoms with E-state index in [9.17, 15) is 4.79 Å². The number of hydrogen-bond donors (Lipinski definition) is 1. The van der Waals surface area contributed by atoms with Crippen LogP contribution in [-0.4, -0.2) is 22.5 Å². The van der Waals surface area contributed by atoms with Crippen LogP contribution >= 0.6 is 0 Å². The van der Waals surface area contributed by atoms with Gasteiger partial charge >= 0.3 is 0 Å². The van der Waals surface area contributed by atoms with Gasteiger partial charge in [0.2, 0.25) is 5.88 Å². The number of nitrogens with zero attached hydrogens (tertiary/aromatic N) is 2. The van der Waals surface area contributed by atoms with E-state index in [-0.39, 0.29) is 17.5 Å².